The Balaban J connectivity index is 3.47. The zero-order chi connectivity index (χ0) is 8.43. The summed E-state index contributed by atoms with van der Waals surface area (Å²) in [5.74, 6) is 0. The van der Waals surface area contributed by atoms with E-state index in [1.165, 1.54) is 11.3 Å². The van der Waals surface area contributed by atoms with Gasteiger partial charge in [0.1, 0.15) is 0 Å². The summed E-state index contributed by atoms with van der Waals surface area (Å²) in [4.78, 5) is 5.18. The normalized spacial score (nSPS) is 8.73. The van der Waals surface area contributed by atoms with Crippen molar-refractivity contribution in [1.29, 1.82) is 5.26 Å². The molecule has 0 N–H and O–H groups in total. The van der Waals surface area contributed by atoms with Gasteiger partial charge in [0.15, 0.2) is 0 Å². The maximum absolute atomic E-state index is 8.66. The van der Waals surface area contributed by atoms with Gasteiger partial charge in [-0.3, -0.25) is 0 Å². The molecule has 1 heterocycles. The predicted octanol–water partition coefficient (Wildman–Crippen LogP) is 2.79. The summed E-state index contributed by atoms with van der Waals surface area (Å²) in [6.07, 6.45) is 0. The largest absolute Gasteiger partial charge is 0.236 e. The number of aryl methyl sites for hydroxylation is 2. The molecule has 1 aromatic heterocycles. The third kappa shape index (κ3) is 1.11. The van der Waals surface area contributed by atoms with Crippen LogP contribution in [-0.2, 0) is 0 Å². The molecule has 0 unspecified atom stereocenters. The van der Waals surface area contributed by atoms with E-state index in [1.807, 2.05) is 19.9 Å². The van der Waals surface area contributed by atoms with Crippen LogP contribution >= 0.6 is 11.3 Å². The Morgan fingerprint density at radius 1 is 1.45 bits per heavy atom. The molecule has 0 fully saturated rings. The molecule has 0 aliphatic carbocycles. The molecule has 0 aliphatic heterocycles. The molecule has 0 saturated heterocycles. The van der Waals surface area contributed by atoms with Gasteiger partial charge in [-0.1, -0.05) is 0 Å². The summed E-state index contributed by atoms with van der Waals surface area (Å²) in [5, 5.41) is 8.66. The van der Waals surface area contributed by atoms with Gasteiger partial charge in [0.25, 0.3) is 0 Å². The first-order valence-electron chi connectivity index (χ1n) is 3.08. The number of hydrogen-bond acceptors (Lipinski definition) is 2. The fourth-order valence-electron chi connectivity index (χ4n) is 0.938. The first kappa shape index (κ1) is 7.78. The molecule has 54 valence electrons. The zero-order valence-electron chi connectivity index (χ0n) is 6.30. The lowest BCUT2D eigenvalue weighted by Gasteiger charge is -1.83. The van der Waals surface area contributed by atoms with Gasteiger partial charge in [0, 0.05) is 9.75 Å². The van der Waals surface area contributed by atoms with Crippen LogP contribution in [0.1, 0.15) is 15.3 Å². The molecule has 0 amide bonds. The lowest BCUT2D eigenvalue weighted by Crippen LogP contribution is -1.69. The van der Waals surface area contributed by atoms with Crippen LogP contribution in [0.3, 0.4) is 0 Å². The molecule has 2 nitrogen and oxygen atoms in total. The quantitative estimate of drug-likeness (QED) is 0.539. The lowest BCUT2D eigenvalue weighted by atomic mass is 10.2. The second-order valence-electron chi connectivity index (χ2n) is 2.16. The summed E-state index contributed by atoms with van der Waals surface area (Å²) < 4.78 is 0. The molecular formula is C8H6N2S. The number of nitriles is 1. The number of rotatable bonds is 0. The maximum Gasteiger partial charge on any atom is 0.218 e. The third-order valence-corrected chi connectivity index (χ3v) is 2.46. The summed E-state index contributed by atoms with van der Waals surface area (Å²) in [6, 6.07) is 2.03. The molecule has 0 saturated carbocycles. The van der Waals surface area contributed by atoms with Crippen molar-refractivity contribution in [1.82, 2.24) is 0 Å². The topological polar surface area (TPSA) is 28.1 Å². The van der Waals surface area contributed by atoms with Crippen LogP contribution in [0.15, 0.2) is 0 Å². The molecule has 0 radical (unpaired) electrons. The molecule has 0 aromatic carbocycles. The average molecular weight is 162 g/mol. The first-order valence-corrected chi connectivity index (χ1v) is 3.90. The van der Waals surface area contributed by atoms with Gasteiger partial charge in [0.05, 0.1) is 18.2 Å². The van der Waals surface area contributed by atoms with E-state index >= 15 is 0 Å². The predicted molar refractivity (Wildman–Crippen MR) is 44.8 cm³/mol. The second-order valence-corrected chi connectivity index (χ2v) is 3.59. The van der Waals surface area contributed by atoms with Gasteiger partial charge in [-0.2, -0.15) is 16.6 Å². The van der Waals surface area contributed by atoms with Crippen molar-refractivity contribution in [3.63, 3.8) is 0 Å². The lowest BCUT2D eigenvalue weighted by molar-refractivity contribution is 1.47. The van der Waals surface area contributed by atoms with Crippen LogP contribution in [0.5, 0.6) is 0 Å². The SMILES string of the molecule is [C-]#[N+]c1c(C)sc(C)c1C#N. The minimum atomic E-state index is 0.523. The van der Waals surface area contributed by atoms with Gasteiger partial charge in [-0.15, -0.1) is 0 Å². The van der Waals surface area contributed by atoms with Crippen LogP contribution in [0, 0.1) is 31.8 Å². The van der Waals surface area contributed by atoms with E-state index in [0.29, 0.717) is 11.3 Å². The zero-order valence-corrected chi connectivity index (χ0v) is 7.12. The van der Waals surface area contributed by atoms with Gasteiger partial charge in [-0.25, -0.2) is 4.85 Å². The van der Waals surface area contributed by atoms with Crippen LogP contribution in [0.4, 0.5) is 5.69 Å². The van der Waals surface area contributed by atoms with E-state index in [2.05, 4.69) is 4.85 Å². The van der Waals surface area contributed by atoms with Gasteiger partial charge in [-0.05, 0) is 13.8 Å². The standard InChI is InChI=1S/C8H6N2S/c1-5-7(4-9)8(10-3)6(2)11-5/h1-2H3. The van der Waals surface area contributed by atoms with Crippen LogP contribution < -0.4 is 0 Å². The minimum absolute atomic E-state index is 0.523. The van der Waals surface area contributed by atoms with Crippen LogP contribution in [0.2, 0.25) is 0 Å². The Morgan fingerprint density at radius 3 is 2.45 bits per heavy atom. The highest BCUT2D eigenvalue weighted by molar-refractivity contribution is 7.12. The highest BCUT2D eigenvalue weighted by Crippen LogP contribution is 2.33. The van der Waals surface area contributed by atoms with E-state index < -0.39 is 0 Å². The van der Waals surface area contributed by atoms with E-state index in [-0.39, 0.29) is 0 Å². The smallest absolute Gasteiger partial charge is 0.218 e. The number of hydrogen-bond donors (Lipinski definition) is 0. The molecule has 1 aromatic rings. The summed E-state index contributed by atoms with van der Waals surface area (Å²) in [7, 11) is 0. The highest BCUT2D eigenvalue weighted by Gasteiger charge is 2.11. The average Bonchev–Trinajstić information content (AvgIpc) is 2.24. The Morgan fingerprint density at radius 2 is 2.09 bits per heavy atom. The number of thiophene rings is 1. The Bertz CT molecular complexity index is 328. The summed E-state index contributed by atoms with van der Waals surface area (Å²) in [5.41, 5.74) is 1.07. The fourth-order valence-corrected chi connectivity index (χ4v) is 1.89. The summed E-state index contributed by atoms with van der Waals surface area (Å²) >= 11 is 1.51. The van der Waals surface area contributed by atoms with Gasteiger partial charge in [0.2, 0.25) is 5.69 Å². The molecule has 0 spiro atoms. The molecule has 3 heteroatoms. The van der Waals surface area contributed by atoms with Crippen molar-refractivity contribution >= 4 is 17.0 Å². The minimum Gasteiger partial charge on any atom is -0.236 e. The van der Waals surface area contributed by atoms with Crippen LogP contribution in [0.25, 0.3) is 4.85 Å². The number of nitrogens with zero attached hydrogens (tertiary/aromatic N) is 2. The van der Waals surface area contributed by atoms with Crippen molar-refractivity contribution in [3.8, 4) is 6.07 Å². The second kappa shape index (κ2) is 2.74. The van der Waals surface area contributed by atoms with E-state index in [9.17, 15) is 0 Å². The van der Waals surface area contributed by atoms with E-state index in [1.54, 1.807) is 0 Å². The van der Waals surface area contributed by atoms with Crippen molar-refractivity contribution in [2.24, 2.45) is 0 Å². The molecule has 0 atom stereocenters. The monoisotopic (exact) mass is 162 g/mol. The van der Waals surface area contributed by atoms with E-state index in [4.69, 9.17) is 11.8 Å². The fraction of sp³-hybridized carbons (Fsp3) is 0.250. The van der Waals surface area contributed by atoms with E-state index in [0.717, 1.165) is 9.75 Å². The molecule has 0 aliphatic rings. The van der Waals surface area contributed by atoms with Crippen molar-refractivity contribution in [2.45, 2.75) is 13.8 Å². The Kier molecular flexibility index (Phi) is 1.94. The molecule has 1 rings (SSSR count). The van der Waals surface area contributed by atoms with Gasteiger partial charge < -0.3 is 0 Å². The Labute approximate surface area is 69.5 Å². The third-order valence-electron chi connectivity index (χ3n) is 1.45. The van der Waals surface area contributed by atoms with Gasteiger partial charge >= 0.3 is 0 Å². The van der Waals surface area contributed by atoms with Crippen molar-refractivity contribution < 1.29 is 0 Å². The first-order chi connectivity index (χ1) is 5.20. The molecule has 0 bridgehead atoms. The summed E-state index contributed by atoms with van der Waals surface area (Å²) in [6.45, 7) is 10.6. The molecular weight excluding hydrogens is 156 g/mol. The Hall–Kier alpha value is -1.32. The highest BCUT2D eigenvalue weighted by atomic mass is 32.1. The maximum atomic E-state index is 8.66. The van der Waals surface area contributed by atoms with Crippen molar-refractivity contribution in [2.75, 3.05) is 0 Å². The van der Waals surface area contributed by atoms with Crippen LogP contribution in [-0.4, -0.2) is 0 Å². The van der Waals surface area contributed by atoms with Crippen molar-refractivity contribution in [3.05, 3.63) is 26.7 Å². The molecule has 11 heavy (non-hydrogen) atoms.